The van der Waals surface area contributed by atoms with Gasteiger partial charge in [0.1, 0.15) is 13.2 Å². The van der Waals surface area contributed by atoms with Crippen molar-refractivity contribution in [3.63, 3.8) is 0 Å². The van der Waals surface area contributed by atoms with Gasteiger partial charge in [0.15, 0.2) is 16.3 Å². The number of carbonyl (C=O) groups excluding carboxylic acids is 1. The number of thiazole rings is 1. The highest BCUT2D eigenvalue weighted by molar-refractivity contribution is 7.16. The fourth-order valence-corrected chi connectivity index (χ4v) is 5.13. The van der Waals surface area contributed by atoms with E-state index in [1.165, 1.54) is 11.3 Å². The zero-order valence-corrected chi connectivity index (χ0v) is 18.7. The normalized spacial score (nSPS) is 13.6. The number of ether oxygens (including phenoxy) is 2. The van der Waals surface area contributed by atoms with Gasteiger partial charge in [-0.1, -0.05) is 78.9 Å². The van der Waals surface area contributed by atoms with Crippen LogP contribution in [0.15, 0.2) is 77.8 Å². The first-order valence-electron chi connectivity index (χ1n) is 10.9. The van der Waals surface area contributed by atoms with E-state index in [1.54, 1.807) is 0 Å². The van der Waals surface area contributed by atoms with Gasteiger partial charge in [-0.3, -0.25) is 4.79 Å². The summed E-state index contributed by atoms with van der Waals surface area (Å²) in [4.78, 5) is 18.9. The maximum absolute atomic E-state index is 13.6. The quantitative estimate of drug-likeness (QED) is 0.428. The molecule has 2 heterocycles. The van der Waals surface area contributed by atoms with Crippen molar-refractivity contribution < 1.29 is 14.3 Å². The molecule has 4 aromatic rings. The lowest BCUT2D eigenvalue weighted by molar-refractivity contribution is -0.118. The van der Waals surface area contributed by atoms with Crippen molar-refractivity contribution in [2.24, 2.45) is 4.99 Å². The van der Waals surface area contributed by atoms with E-state index in [0.717, 1.165) is 45.8 Å². The van der Waals surface area contributed by atoms with Crippen LogP contribution in [0.5, 0.6) is 11.5 Å². The Kier molecular flexibility index (Phi) is 5.77. The summed E-state index contributed by atoms with van der Waals surface area (Å²) in [5.41, 5.74) is 2.89. The number of benzene rings is 3. The highest BCUT2D eigenvalue weighted by Gasteiger charge is 2.23. The number of hydrogen-bond donors (Lipinski definition) is 0. The molecular weight excluding hydrogens is 420 g/mol. The first-order chi connectivity index (χ1) is 15.7. The molecule has 0 radical (unpaired) electrons. The number of carbonyl (C=O) groups is 1. The van der Waals surface area contributed by atoms with Crippen molar-refractivity contribution in [2.75, 3.05) is 13.2 Å². The van der Waals surface area contributed by atoms with Crippen molar-refractivity contribution in [3.05, 3.63) is 88.7 Å². The lowest BCUT2D eigenvalue weighted by Crippen LogP contribution is -2.20. The third kappa shape index (κ3) is 3.94. The molecule has 32 heavy (non-hydrogen) atoms. The van der Waals surface area contributed by atoms with E-state index >= 15 is 0 Å². The van der Waals surface area contributed by atoms with Gasteiger partial charge in [0.05, 0.1) is 16.1 Å². The molecule has 0 spiro atoms. The molecule has 3 aromatic carbocycles. The van der Waals surface area contributed by atoms with Gasteiger partial charge in [0, 0.05) is 18.7 Å². The van der Waals surface area contributed by atoms with Gasteiger partial charge in [0.2, 0.25) is 0 Å². The van der Waals surface area contributed by atoms with Crippen LogP contribution in [0.25, 0.3) is 10.2 Å². The lowest BCUT2D eigenvalue weighted by Gasteiger charge is -2.18. The van der Waals surface area contributed by atoms with Crippen LogP contribution in [0, 0.1) is 0 Å². The van der Waals surface area contributed by atoms with E-state index in [-0.39, 0.29) is 5.91 Å². The second-order valence-electron chi connectivity index (χ2n) is 7.70. The summed E-state index contributed by atoms with van der Waals surface area (Å²) < 4.78 is 14.7. The summed E-state index contributed by atoms with van der Waals surface area (Å²) in [6.45, 7) is 3.98. The maximum Gasteiger partial charge on any atom is 0.260 e. The Bertz CT molecular complexity index is 1270. The zero-order valence-electron chi connectivity index (χ0n) is 17.9. The van der Waals surface area contributed by atoms with Gasteiger partial charge < -0.3 is 14.0 Å². The average Bonchev–Trinajstić information content (AvgIpc) is 3.15. The van der Waals surface area contributed by atoms with E-state index in [0.29, 0.717) is 18.0 Å². The van der Waals surface area contributed by atoms with E-state index in [9.17, 15) is 4.79 Å². The fourth-order valence-electron chi connectivity index (χ4n) is 4.06. The van der Waals surface area contributed by atoms with Crippen LogP contribution < -0.4 is 14.3 Å². The molecule has 0 atom stereocenters. The minimum Gasteiger partial charge on any atom is -0.486 e. The molecule has 0 unspecified atom stereocenters. The standard InChI is InChI=1S/C26H24N2O3S/c1-2-13-28-20-16-21-22(31-15-14-30-21)17-23(20)32-26(28)27-25(29)24(18-9-5-3-6-10-18)19-11-7-4-8-12-19/h3-12,16-17,24H,2,13-15H2,1H3. The molecule has 0 saturated carbocycles. The van der Waals surface area contributed by atoms with Gasteiger partial charge in [-0.15, -0.1) is 0 Å². The smallest absolute Gasteiger partial charge is 0.260 e. The van der Waals surface area contributed by atoms with Crippen molar-refractivity contribution >= 4 is 27.5 Å². The van der Waals surface area contributed by atoms with Crippen molar-refractivity contribution in [1.82, 2.24) is 4.57 Å². The predicted molar refractivity (Wildman–Crippen MR) is 126 cm³/mol. The van der Waals surface area contributed by atoms with Crippen LogP contribution in [0.4, 0.5) is 0 Å². The Hall–Kier alpha value is -3.38. The third-order valence-electron chi connectivity index (χ3n) is 5.51. The molecule has 0 bridgehead atoms. The molecule has 5 nitrogen and oxygen atoms in total. The van der Waals surface area contributed by atoms with Gasteiger partial charge in [0.25, 0.3) is 5.91 Å². The molecular formula is C26H24N2O3S. The molecule has 1 amide bonds. The largest absolute Gasteiger partial charge is 0.486 e. The fraction of sp³-hybridized carbons (Fsp3) is 0.231. The first kappa shape index (κ1) is 20.5. The van der Waals surface area contributed by atoms with Crippen LogP contribution in [-0.4, -0.2) is 23.7 Å². The Morgan fingerprint density at radius 1 is 0.969 bits per heavy atom. The molecule has 0 N–H and O–H groups in total. The van der Waals surface area contributed by atoms with E-state index in [4.69, 9.17) is 9.47 Å². The molecule has 0 fully saturated rings. The Morgan fingerprint density at radius 2 is 1.56 bits per heavy atom. The van der Waals surface area contributed by atoms with Crippen LogP contribution in [0.1, 0.15) is 30.4 Å². The maximum atomic E-state index is 13.6. The van der Waals surface area contributed by atoms with Crippen LogP contribution >= 0.6 is 11.3 Å². The van der Waals surface area contributed by atoms with Gasteiger partial charge in [-0.25, -0.2) is 0 Å². The average molecular weight is 445 g/mol. The number of nitrogens with zero attached hydrogens (tertiary/aromatic N) is 2. The van der Waals surface area contributed by atoms with Crippen molar-refractivity contribution in [2.45, 2.75) is 25.8 Å². The Labute approximate surface area is 190 Å². The second kappa shape index (κ2) is 9.01. The third-order valence-corrected chi connectivity index (χ3v) is 6.55. The zero-order chi connectivity index (χ0) is 21.9. The van der Waals surface area contributed by atoms with Crippen LogP contribution in [-0.2, 0) is 11.3 Å². The SMILES string of the molecule is CCCn1c(=NC(=O)C(c2ccccc2)c2ccccc2)sc2cc3c(cc21)OCCO3. The summed E-state index contributed by atoms with van der Waals surface area (Å²) >= 11 is 1.51. The van der Waals surface area contributed by atoms with E-state index in [1.807, 2.05) is 72.8 Å². The Balaban J connectivity index is 1.64. The number of rotatable bonds is 5. The van der Waals surface area contributed by atoms with Crippen LogP contribution in [0.3, 0.4) is 0 Å². The monoisotopic (exact) mass is 444 g/mol. The number of amides is 1. The molecule has 162 valence electrons. The number of aryl methyl sites for hydroxylation is 1. The van der Waals surface area contributed by atoms with E-state index in [2.05, 4.69) is 16.5 Å². The first-order valence-corrected chi connectivity index (χ1v) is 11.7. The summed E-state index contributed by atoms with van der Waals surface area (Å²) in [5, 5.41) is 0. The summed E-state index contributed by atoms with van der Waals surface area (Å²) in [6, 6.07) is 23.7. The molecule has 1 aliphatic rings. The number of fused-ring (bicyclic) bond motifs is 2. The summed E-state index contributed by atoms with van der Waals surface area (Å²) in [5.74, 6) is 0.877. The molecule has 5 rings (SSSR count). The van der Waals surface area contributed by atoms with Gasteiger partial charge >= 0.3 is 0 Å². The van der Waals surface area contributed by atoms with Gasteiger partial charge in [-0.05, 0) is 17.5 Å². The number of aromatic nitrogens is 1. The summed E-state index contributed by atoms with van der Waals surface area (Å²) in [7, 11) is 0. The van der Waals surface area contributed by atoms with Crippen LogP contribution in [0.2, 0.25) is 0 Å². The molecule has 1 aliphatic heterocycles. The minimum atomic E-state index is -0.447. The van der Waals surface area contributed by atoms with Gasteiger partial charge in [-0.2, -0.15) is 4.99 Å². The molecule has 0 aliphatic carbocycles. The highest BCUT2D eigenvalue weighted by atomic mass is 32.1. The molecule has 1 aromatic heterocycles. The lowest BCUT2D eigenvalue weighted by atomic mass is 9.91. The second-order valence-corrected chi connectivity index (χ2v) is 8.71. The van der Waals surface area contributed by atoms with E-state index < -0.39 is 5.92 Å². The topological polar surface area (TPSA) is 52.8 Å². The molecule has 6 heteroatoms. The van der Waals surface area contributed by atoms with Crippen molar-refractivity contribution in [1.29, 1.82) is 0 Å². The molecule has 0 saturated heterocycles. The predicted octanol–water partition coefficient (Wildman–Crippen LogP) is 5.14. The highest BCUT2D eigenvalue weighted by Crippen LogP contribution is 2.36. The van der Waals surface area contributed by atoms with Crippen molar-refractivity contribution in [3.8, 4) is 11.5 Å². The minimum absolute atomic E-state index is 0.170. The number of hydrogen-bond acceptors (Lipinski definition) is 4. The summed E-state index contributed by atoms with van der Waals surface area (Å²) in [6.07, 6.45) is 0.933. The Morgan fingerprint density at radius 3 is 2.16 bits per heavy atom.